The number of hydrogen-bond acceptors (Lipinski definition) is 4. The Labute approximate surface area is 193 Å². The minimum Gasteiger partial charge on any atom is -0.379 e. The third-order valence-corrected chi connectivity index (χ3v) is 6.66. The standard InChI is InChI=1S/C25H32BrN3O2/c26-24-5-1-3-22(15-24)18-29-10-2-4-23(19-29)25(30)27-16-20-6-8-21(9-7-20)17-28-11-13-31-14-12-28/h1,3,5-9,15,23H,2,4,10-14,16-19H2,(H,27,30). The van der Waals surface area contributed by atoms with Crippen molar-refractivity contribution in [3.8, 4) is 0 Å². The van der Waals surface area contributed by atoms with E-state index in [2.05, 4.69) is 73.5 Å². The van der Waals surface area contributed by atoms with E-state index >= 15 is 0 Å². The lowest BCUT2D eigenvalue weighted by Gasteiger charge is -2.32. The molecule has 2 aromatic carbocycles. The van der Waals surface area contributed by atoms with Crippen LogP contribution in [0.15, 0.2) is 53.0 Å². The minimum absolute atomic E-state index is 0.0708. The Morgan fingerprint density at radius 2 is 1.71 bits per heavy atom. The molecule has 31 heavy (non-hydrogen) atoms. The number of amides is 1. The fourth-order valence-corrected chi connectivity index (χ4v) is 4.87. The lowest BCUT2D eigenvalue weighted by molar-refractivity contribution is -0.126. The largest absolute Gasteiger partial charge is 0.379 e. The zero-order chi connectivity index (χ0) is 21.5. The van der Waals surface area contributed by atoms with E-state index in [0.717, 1.165) is 75.4 Å². The third kappa shape index (κ3) is 6.88. The van der Waals surface area contributed by atoms with Crippen molar-refractivity contribution >= 4 is 21.8 Å². The molecule has 2 saturated heterocycles. The highest BCUT2D eigenvalue weighted by atomic mass is 79.9. The summed E-state index contributed by atoms with van der Waals surface area (Å²) in [4.78, 5) is 17.6. The van der Waals surface area contributed by atoms with Crippen LogP contribution in [0.4, 0.5) is 0 Å². The van der Waals surface area contributed by atoms with Gasteiger partial charge in [-0.3, -0.25) is 14.6 Å². The van der Waals surface area contributed by atoms with Gasteiger partial charge in [-0.2, -0.15) is 0 Å². The summed E-state index contributed by atoms with van der Waals surface area (Å²) in [5.74, 6) is 0.248. The van der Waals surface area contributed by atoms with Gasteiger partial charge in [0.15, 0.2) is 0 Å². The number of hydrogen-bond donors (Lipinski definition) is 1. The normalized spacial score (nSPS) is 20.5. The van der Waals surface area contributed by atoms with Gasteiger partial charge < -0.3 is 10.1 Å². The van der Waals surface area contributed by atoms with E-state index in [4.69, 9.17) is 4.74 Å². The molecular formula is C25H32BrN3O2. The van der Waals surface area contributed by atoms with Crippen molar-refractivity contribution in [2.45, 2.75) is 32.5 Å². The molecule has 166 valence electrons. The van der Waals surface area contributed by atoms with Crippen LogP contribution in [0, 0.1) is 5.92 Å². The van der Waals surface area contributed by atoms with Crippen LogP contribution in [0.2, 0.25) is 0 Å². The van der Waals surface area contributed by atoms with E-state index in [1.54, 1.807) is 0 Å². The monoisotopic (exact) mass is 485 g/mol. The predicted octanol–water partition coefficient (Wildman–Crippen LogP) is 3.81. The van der Waals surface area contributed by atoms with Gasteiger partial charge in [0.05, 0.1) is 19.1 Å². The Morgan fingerprint density at radius 1 is 0.968 bits per heavy atom. The second-order valence-corrected chi connectivity index (χ2v) is 9.54. The summed E-state index contributed by atoms with van der Waals surface area (Å²) in [6.45, 7) is 7.99. The summed E-state index contributed by atoms with van der Waals surface area (Å²) in [7, 11) is 0. The Morgan fingerprint density at radius 3 is 2.48 bits per heavy atom. The predicted molar refractivity (Wildman–Crippen MR) is 127 cm³/mol. The van der Waals surface area contributed by atoms with Crippen LogP contribution in [-0.4, -0.2) is 55.1 Å². The van der Waals surface area contributed by atoms with Gasteiger partial charge in [-0.05, 0) is 48.2 Å². The van der Waals surface area contributed by atoms with Gasteiger partial charge in [0, 0.05) is 43.7 Å². The van der Waals surface area contributed by atoms with E-state index in [1.807, 2.05) is 6.07 Å². The van der Waals surface area contributed by atoms with Crippen molar-refractivity contribution in [2.24, 2.45) is 5.92 Å². The van der Waals surface area contributed by atoms with Crippen molar-refractivity contribution in [3.63, 3.8) is 0 Å². The molecule has 0 spiro atoms. The maximum atomic E-state index is 12.8. The first kappa shape index (κ1) is 22.5. The van der Waals surface area contributed by atoms with E-state index in [9.17, 15) is 4.79 Å². The molecule has 4 rings (SSSR count). The number of carbonyl (C=O) groups excluding carboxylic acids is 1. The van der Waals surface area contributed by atoms with Crippen LogP contribution in [0.25, 0.3) is 0 Å². The molecule has 0 saturated carbocycles. The number of ether oxygens (including phenoxy) is 1. The lowest BCUT2D eigenvalue weighted by atomic mass is 9.96. The average Bonchev–Trinajstić information content (AvgIpc) is 2.79. The molecule has 1 unspecified atom stereocenters. The zero-order valence-corrected chi connectivity index (χ0v) is 19.6. The second-order valence-electron chi connectivity index (χ2n) is 8.63. The highest BCUT2D eigenvalue weighted by molar-refractivity contribution is 9.10. The van der Waals surface area contributed by atoms with Gasteiger partial charge in [-0.25, -0.2) is 0 Å². The van der Waals surface area contributed by atoms with Crippen LogP contribution < -0.4 is 5.32 Å². The topological polar surface area (TPSA) is 44.8 Å². The number of halogens is 1. The Bertz CT molecular complexity index is 852. The van der Waals surface area contributed by atoms with E-state index in [1.165, 1.54) is 11.1 Å². The summed E-state index contributed by atoms with van der Waals surface area (Å²) in [6, 6.07) is 17.1. The number of rotatable bonds is 7. The zero-order valence-electron chi connectivity index (χ0n) is 18.1. The average molecular weight is 486 g/mol. The first-order valence-corrected chi connectivity index (χ1v) is 12.1. The molecule has 2 fully saturated rings. The Balaban J connectivity index is 1.23. The molecule has 1 atom stereocenters. The SMILES string of the molecule is O=C(NCc1ccc(CN2CCOCC2)cc1)C1CCCN(Cc2cccc(Br)c2)C1. The lowest BCUT2D eigenvalue weighted by Crippen LogP contribution is -2.42. The van der Waals surface area contributed by atoms with Gasteiger partial charge in [-0.15, -0.1) is 0 Å². The summed E-state index contributed by atoms with van der Waals surface area (Å²) in [5, 5.41) is 3.16. The van der Waals surface area contributed by atoms with E-state index < -0.39 is 0 Å². The maximum absolute atomic E-state index is 12.8. The van der Waals surface area contributed by atoms with Crippen molar-refractivity contribution < 1.29 is 9.53 Å². The van der Waals surface area contributed by atoms with Crippen LogP contribution >= 0.6 is 15.9 Å². The number of carbonyl (C=O) groups is 1. The summed E-state index contributed by atoms with van der Waals surface area (Å²) in [5.41, 5.74) is 3.75. The Kier molecular flexibility index (Phi) is 8.14. The number of piperidine rings is 1. The second kappa shape index (κ2) is 11.2. The molecule has 2 aliphatic heterocycles. The quantitative estimate of drug-likeness (QED) is 0.647. The fourth-order valence-electron chi connectivity index (χ4n) is 4.42. The first-order valence-electron chi connectivity index (χ1n) is 11.3. The van der Waals surface area contributed by atoms with E-state index in [-0.39, 0.29) is 11.8 Å². The van der Waals surface area contributed by atoms with Crippen molar-refractivity contribution in [3.05, 3.63) is 69.7 Å². The number of nitrogens with one attached hydrogen (secondary N) is 1. The number of morpholine rings is 1. The van der Waals surface area contributed by atoms with Crippen LogP contribution in [-0.2, 0) is 29.2 Å². The number of benzene rings is 2. The molecule has 0 radical (unpaired) electrons. The van der Waals surface area contributed by atoms with Gasteiger partial charge in [0.25, 0.3) is 0 Å². The molecular weight excluding hydrogens is 454 g/mol. The smallest absolute Gasteiger partial charge is 0.224 e. The maximum Gasteiger partial charge on any atom is 0.224 e. The molecule has 1 N–H and O–H groups in total. The fraction of sp³-hybridized carbons (Fsp3) is 0.480. The number of likely N-dealkylation sites (tertiary alicyclic amines) is 1. The molecule has 0 aliphatic carbocycles. The molecule has 6 heteroatoms. The molecule has 2 aromatic rings. The van der Waals surface area contributed by atoms with Crippen LogP contribution in [0.5, 0.6) is 0 Å². The molecule has 0 bridgehead atoms. The van der Waals surface area contributed by atoms with Gasteiger partial charge in [-0.1, -0.05) is 52.3 Å². The summed E-state index contributed by atoms with van der Waals surface area (Å²) in [6.07, 6.45) is 2.04. The third-order valence-electron chi connectivity index (χ3n) is 6.17. The van der Waals surface area contributed by atoms with Crippen LogP contribution in [0.1, 0.15) is 29.5 Å². The minimum atomic E-state index is 0.0708. The van der Waals surface area contributed by atoms with Crippen molar-refractivity contribution in [1.82, 2.24) is 15.1 Å². The van der Waals surface area contributed by atoms with Gasteiger partial charge in [0.2, 0.25) is 5.91 Å². The van der Waals surface area contributed by atoms with Gasteiger partial charge >= 0.3 is 0 Å². The highest BCUT2D eigenvalue weighted by Crippen LogP contribution is 2.20. The van der Waals surface area contributed by atoms with Crippen molar-refractivity contribution in [2.75, 3.05) is 39.4 Å². The Hall–Kier alpha value is -1.73. The first-order chi connectivity index (χ1) is 15.2. The molecule has 2 aliphatic rings. The number of nitrogens with zero attached hydrogens (tertiary/aromatic N) is 2. The highest BCUT2D eigenvalue weighted by Gasteiger charge is 2.25. The molecule has 1 amide bonds. The van der Waals surface area contributed by atoms with Gasteiger partial charge in [0.1, 0.15) is 0 Å². The molecule has 0 aromatic heterocycles. The molecule has 5 nitrogen and oxygen atoms in total. The summed E-state index contributed by atoms with van der Waals surface area (Å²) < 4.78 is 6.52. The van der Waals surface area contributed by atoms with E-state index in [0.29, 0.717) is 6.54 Å². The molecule has 2 heterocycles. The van der Waals surface area contributed by atoms with Crippen LogP contribution in [0.3, 0.4) is 0 Å². The summed E-state index contributed by atoms with van der Waals surface area (Å²) >= 11 is 3.54. The van der Waals surface area contributed by atoms with Crippen molar-refractivity contribution in [1.29, 1.82) is 0 Å².